The van der Waals surface area contributed by atoms with Crippen molar-refractivity contribution in [1.29, 1.82) is 0 Å². The van der Waals surface area contributed by atoms with Crippen molar-refractivity contribution in [1.82, 2.24) is 10.2 Å². The van der Waals surface area contributed by atoms with E-state index in [0.717, 1.165) is 0 Å². The number of ether oxygens (including phenoxy) is 1. The second kappa shape index (κ2) is 6.09. The van der Waals surface area contributed by atoms with Gasteiger partial charge in [0.25, 0.3) is 11.6 Å². The number of aryl methyl sites for hydroxylation is 1. The Morgan fingerprint density at radius 1 is 1.48 bits per heavy atom. The molecule has 1 heterocycles. The highest BCUT2D eigenvalue weighted by atomic mass is 16.6. The summed E-state index contributed by atoms with van der Waals surface area (Å²) in [5, 5.41) is 26.9. The minimum atomic E-state index is -1.12. The van der Waals surface area contributed by atoms with Crippen LogP contribution in [-0.2, 0) is 16.1 Å². The third-order valence-corrected chi connectivity index (χ3v) is 2.58. The summed E-state index contributed by atoms with van der Waals surface area (Å²) in [6.45, 7) is 1.01. The number of nitro benzene ring substituents is 1. The second-order valence-electron chi connectivity index (χ2n) is 4.11. The molecule has 0 spiro atoms. The molecule has 0 atom stereocenters. The Morgan fingerprint density at radius 3 is 2.90 bits per heavy atom. The molecule has 0 bridgehead atoms. The lowest BCUT2D eigenvalue weighted by Crippen LogP contribution is -2.06. The number of carboxylic acid groups (broad SMARTS) is 1. The predicted molar refractivity (Wildman–Crippen MR) is 68.4 cm³/mol. The molecule has 110 valence electrons. The van der Waals surface area contributed by atoms with E-state index in [1.807, 2.05) is 0 Å². The van der Waals surface area contributed by atoms with Crippen molar-refractivity contribution >= 4 is 11.7 Å². The number of hydrogen-bond donors (Lipinski definition) is 1. The zero-order valence-corrected chi connectivity index (χ0v) is 11.0. The zero-order valence-electron chi connectivity index (χ0n) is 11.0. The Kier molecular flexibility index (Phi) is 4.24. The molecule has 0 aliphatic carbocycles. The van der Waals surface area contributed by atoms with Crippen LogP contribution in [0.3, 0.4) is 0 Å². The second-order valence-corrected chi connectivity index (χ2v) is 4.11. The van der Waals surface area contributed by atoms with E-state index in [-0.39, 0.29) is 29.6 Å². The fourth-order valence-electron chi connectivity index (χ4n) is 1.72. The van der Waals surface area contributed by atoms with Crippen molar-refractivity contribution < 1.29 is 24.0 Å². The monoisotopic (exact) mass is 293 g/mol. The summed E-state index contributed by atoms with van der Waals surface area (Å²) in [4.78, 5) is 20.8. The third kappa shape index (κ3) is 3.39. The smallest absolute Gasteiger partial charge is 0.329 e. The van der Waals surface area contributed by atoms with Gasteiger partial charge in [-0.15, -0.1) is 10.2 Å². The molecule has 9 nitrogen and oxygen atoms in total. The molecule has 0 fully saturated rings. The number of carbonyl (C=O) groups is 1. The molecule has 0 amide bonds. The number of benzene rings is 1. The van der Waals surface area contributed by atoms with Crippen molar-refractivity contribution in [2.45, 2.75) is 13.5 Å². The molecule has 2 rings (SSSR count). The van der Waals surface area contributed by atoms with Crippen LogP contribution in [0.25, 0.3) is 11.5 Å². The van der Waals surface area contributed by atoms with E-state index in [9.17, 15) is 14.9 Å². The van der Waals surface area contributed by atoms with Gasteiger partial charge in [-0.25, -0.2) is 4.79 Å². The van der Waals surface area contributed by atoms with Gasteiger partial charge in [-0.05, 0) is 12.5 Å². The minimum Gasteiger partial charge on any atom is -0.480 e. The van der Waals surface area contributed by atoms with Crippen LogP contribution in [0.4, 0.5) is 5.69 Å². The molecule has 0 radical (unpaired) electrons. The van der Waals surface area contributed by atoms with Gasteiger partial charge in [0.1, 0.15) is 18.8 Å². The van der Waals surface area contributed by atoms with Crippen LogP contribution in [0.2, 0.25) is 0 Å². The summed E-state index contributed by atoms with van der Waals surface area (Å²) in [6.07, 6.45) is 0. The van der Waals surface area contributed by atoms with Crippen LogP contribution in [0.5, 0.6) is 0 Å². The van der Waals surface area contributed by atoms with Crippen LogP contribution >= 0.6 is 0 Å². The number of carboxylic acids is 1. The number of rotatable bonds is 6. The first kappa shape index (κ1) is 14.6. The number of nitro groups is 1. The largest absolute Gasteiger partial charge is 0.480 e. The average Bonchev–Trinajstić information content (AvgIpc) is 2.86. The van der Waals surface area contributed by atoms with Gasteiger partial charge in [-0.3, -0.25) is 10.1 Å². The van der Waals surface area contributed by atoms with E-state index in [4.69, 9.17) is 14.3 Å². The Bertz CT molecular complexity index is 681. The Morgan fingerprint density at radius 2 is 2.24 bits per heavy atom. The van der Waals surface area contributed by atoms with Gasteiger partial charge in [0.2, 0.25) is 5.89 Å². The SMILES string of the molecule is Cc1cccc([N+](=O)[O-])c1-c1nnc(COCC(=O)O)o1. The fraction of sp³-hybridized carbons (Fsp3) is 0.250. The molecule has 1 aromatic carbocycles. The average molecular weight is 293 g/mol. The highest BCUT2D eigenvalue weighted by molar-refractivity contribution is 5.70. The maximum Gasteiger partial charge on any atom is 0.329 e. The first-order chi connectivity index (χ1) is 9.99. The number of nitrogens with zero attached hydrogens (tertiary/aromatic N) is 3. The van der Waals surface area contributed by atoms with Gasteiger partial charge in [0, 0.05) is 6.07 Å². The first-order valence-electron chi connectivity index (χ1n) is 5.85. The minimum absolute atomic E-state index is 0.00581. The summed E-state index contributed by atoms with van der Waals surface area (Å²) in [7, 11) is 0. The van der Waals surface area contributed by atoms with Gasteiger partial charge < -0.3 is 14.3 Å². The van der Waals surface area contributed by atoms with E-state index < -0.39 is 17.5 Å². The summed E-state index contributed by atoms with van der Waals surface area (Å²) < 4.78 is 10.1. The van der Waals surface area contributed by atoms with Gasteiger partial charge >= 0.3 is 5.97 Å². The van der Waals surface area contributed by atoms with Gasteiger partial charge in [0.05, 0.1) is 4.92 Å². The van der Waals surface area contributed by atoms with E-state index in [0.29, 0.717) is 5.56 Å². The topological polar surface area (TPSA) is 129 Å². The molecular weight excluding hydrogens is 282 g/mol. The number of aliphatic carboxylic acids is 1. The molecule has 21 heavy (non-hydrogen) atoms. The van der Waals surface area contributed by atoms with Gasteiger partial charge in [-0.2, -0.15) is 0 Å². The van der Waals surface area contributed by atoms with Crippen molar-refractivity contribution in [3.05, 3.63) is 39.8 Å². The van der Waals surface area contributed by atoms with Gasteiger partial charge in [-0.1, -0.05) is 12.1 Å². The molecule has 2 aromatic rings. The quantitative estimate of drug-likeness (QED) is 0.627. The van der Waals surface area contributed by atoms with E-state index >= 15 is 0 Å². The van der Waals surface area contributed by atoms with Crippen molar-refractivity contribution in [3.8, 4) is 11.5 Å². The zero-order chi connectivity index (χ0) is 15.4. The lowest BCUT2D eigenvalue weighted by molar-refractivity contribution is -0.384. The Hall–Kier alpha value is -2.81. The van der Waals surface area contributed by atoms with Crippen molar-refractivity contribution in [2.24, 2.45) is 0 Å². The Labute approximate surface area is 118 Å². The molecule has 0 saturated carbocycles. The lowest BCUT2D eigenvalue weighted by atomic mass is 10.1. The van der Waals surface area contributed by atoms with Crippen LogP contribution in [-0.4, -0.2) is 32.8 Å². The van der Waals surface area contributed by atoms with Crippen LogP contribution in [0.15, 0.2) is 22.6 Å². The Balaban J connectivity index is 2.25. The molecule has 0 aliphatic heterocycles. The van der Waals surface area contributed by atoms with E-state index in [1.54, 1.807) is 19.1 Å². The molecule has 0 unspecified atom stereocenters. The van der Waals surface area contributed by atoms with Crippen molar-refractivity contribution in [2.75, 3.05) is 6.61 Å². The summed E-state index contributed by atoms with van der Waals surface area (Å²) >= 11 is 0. The normalized spacial score (nSPS) is 10.5. The highest BCUT2D eigenvalue weighted by Gasteiger charge is 2.22. The maximum absolute atomic E-state index is 11.0. The fourth-order valence-corrected chi connectivity index (χ4v) is 1.72. The molecule has 1 N–H and O–H groups in total. The third-order valence-electron chi connectivity index (χ3n) is 2.58. The van der Waals surface area contributed by atoms with Crippen LogP contribution in [0, 0.1) is 17.0 Å². The van der Waals surface area contributed by atoms with Crippen LogP contribution < -0.4 is 0 Å². The van der Waals surface area contributed by atoms with E-state index in [2.05, 4.69) is 10.2 Å². The molecule has 0 saturated heterocycles. The lowest BCUT2D eigenvalue weighted by Gasteiger charge is -2.01. The molecular formula is C12H11N3O6. The summed E-state index contributed by atoms with van der Waals surface area (Å²) in [5.41, 5.74) is 0.710. The molecule has 1 aromatic heterocycles. The standard InChI is InChI=1S/C12H11N3O6/c1-7-3-2-4-8(15(18)19)11(7)12-14-13-9(21-12)5-20-6-10(16)17/h2-4H,5-6H2,1H3,(H,16,17). The van der Waals surface area contributed by atoms with Crippen LogP contribution in [0.1, 0.15) is 11.5 Å². The summed E-state index contributed by atoms with van der Waals surface area (Å²) in [6, 6.07) is 4.59. The molecule has 9 heteroatoms. The first-order valence-corrected chi connectivity index (χ1v) is 5.85. The number of aromatic nitrogens is 2. The highest BCUT2D eigenvalue weighted by Crippen LogP contribution is 2.31. The van der Waals surface area contributed by atoms with Crippen molar-refractivity contribution in [3.63, 3.8) is 0 Å². The molecule has 0 aliphatic rings. The number of hydrogen-bond acceptors (Lipinski definition) is 7. The summed E-state index contributed by atoms with van der Waals surface area (Å²) in [5.74, 6) is -1.08. The van der Waals surface area contributed by atoms with E-state index in [1.165, 1.54) is 6.07 Å². The van der Waals surface area contributed by atoms with Gasteiger partial charge in [0.15, 0.2) is 0 Å². The predicted octanol–water partition coefficient (Wildman–Crippen LogP) is 1.55. The maximum atomic E-state index is 11.0.